The number of unbranched alkanes of at least 4 members (excludes halogenated alkanes) is 1. The molecule has 0 fully saturated rings. The predicted octanol–water partition coefficient (Wildman–Crippen LogP) is 12.7. The van der Waals surface area contributed by atoms with Crippen LogP contribution in [-0.4, -0.2) is 9.97 Å². The van der Waals surface area contributed by atoms with E-state index < -0.39 is 0 Å². The molecular formula is C46H34N2O2. The Morgan fingerprint density at radius 1 is 0.560 bits per heavy atom. The molecule has 0 aliphatic rings. The van der Waals surface area contributed by atoms with Gasteiger partial charge in [-0.15, -0.1) is 0 Å². The third-order valence-electron chi connectivity index (χ3n) is 9.74. The van der Waals surface area contributed by atoms with E-state index in [1.165, 1.54) is 21.9 Å². The Labute approximate surface area is 290 Å². The Bertz CT molecular complexity index is 2710. The number of pyridine rings is 2. The summed E-state index contributed by atoms with van der Waals surface area (Å²) in [4.78, 5) is 9.44. The van der Waals surface area contributed by atoms with Gasteiger partial charge in [0.2, 0.25) is 0 Å². The first-order chi connectivity index (χ1) is 24.7. The summed E-state index contributed by atoms with van der Waals surface area (Å²) in [5.41, 5.74) is 13.5. The van der Waals surface area contributed by atoms with Crippen LogP contribution in [0.3, 0.4) is 0 Å². The molecule has 0 unspecified atom stereocenters. The van der Waals surface area contributed by atoms with E-state index in [0.29, 0.717) is 0 Å². The molecule has 0 aliphatic carbocycles. The van der Waals surface area contributed by atoms with Crippen LogP contribution in [0.15, 0.2) is 161 Å². The standard InChI is InChI=1S/C46H34N2O2/c1-30(11-2-3-12-31-13-9-19-39-37-16-4-6-21-43(37)49-45(31)39)32-23-25-47-41(28-32)42-29-34(24-26-48-42)33-14-8-15-35(27-33)36-18-10-20-40-38-17-5-7-22-44(38)50-46(36)40/h4-11,13-29H,2-3,12H2,1H3/b30-11+. The number of aryl methyl sites for hydroxylation is 1. The molecule has 240 valence electrons. The van der Waals surface area contributed by atoms with Crippen LogP contribution in [0.25, 0.3) is 83.1 Å². The van der Waals surface area contributed by atoms with Gasteiger partial charge in [0, 0.05) is 39.5 Å². The molecule has 50 heavy (non-hydrogen) atoms. The number of fused-ring (bicyclic) bond motifs is 6. The third kappa shape index (κ3) is 5.45. The third-order valence-corrected chi connectivity index (χ3v) is 9.74. The second kappa shape index (κ2) is 12.6. The van der Waals surface area contributed by atoms with Crippen molar-refractivity contribution in [1.82, 2.24) is 9.97 Å². The van der Waals surface area contributed by atoms with Crippen molar-refractivity contribution in [2.24, 2.45) is 0 Å². The maximum absolute atomic E-state index is 6.34. The summed E-state index contributed by atoms with van der Waals surface area (Å²) < 4.78 is 12.6. The summed E-state index contributed by atoms with van der Waals surface area (Å²) in [5.74, 6) is 0. The fourth-order valence-corrected chi connectivity index (χ4v) is 7.14. The van der Waals surface area contributed by atoms with Gasteiger partial charge in [-0.2, -0.15) is 0 Å². The van der Waals surface area contributed by atoms with Gasteiger partial charge in [-0.1, -0.05) is 97.1 Å². The normalized spacial score (nSPS) is 12.1. The van der Waals surface area contributed by atoms with E-state index in [1.54, 1.807) is 0 Å². The number of rotatable bonds is 8. The summed E-state index contributed by atoms with van der Waals surface area (Å²) in [6.45, 7) is 2.18. The molecule has 0 atom stereocenters. The average Bonchev–Trinajstić information content (AvgIpc) is 3.76. The van der Waals surface area contributed by atoms with E-state index in [4.69, 9.17) is 18.8 Å². The lowest BCUT2D eigenvalue weighted by molar-refractivity contribution is 0.660. The highest BCUT2D eigenvalue weighted by atomic mass is 16.3. The summed E-state index contributed by atoms with van der Waals surface area (Å²) in [6.07, 6.45) is 9.07. The van der Waals surface area contributed by atoms with Crippen LogP contribution in [0.1, 0.15) is 30.9 Å². The van der Waals surface area contributed by atoms with Gasteiger partial charge in [-0.25, -0.2) is 0 Å². The van der Waals surface area contributed by atoms with Gasteiger partial charge >= 0.3 is 0 Å². The number of hydrogen-bond acceptors (Lipinski definition) is 4. The van der Waals surface area contributed by atoms with Gasteiger partial charge in [-0.3, -0.25) is 9.97 Å². The zero-order chi connectivity index (χ0) is 33.4. The van der Waals surface area contributed by atoms with E-state index >= 15 is 0 Å². The summed E-state index contributed by atoms with van der Waals surface area (Å²) in [7, 11) is 0. The van der Waals surface area contributed by atoms with Gasteiger partial charge in [0.25, 0.3) is 0 Å². The van der Waals surface area contributed by atoms with Crippen molar-refractivity contribution in [1.29, 1.82) is 0 Å². The lowest BCUT2D eigenvalue weighted by Crippen LogP contribution is -1.91. The van der Waals surface area contributed by atoms with Crippen molar-refractivity contribution in [2.75, 3.05) is 0 Å². The molecule has 5 aromatic carbocycles. The monoisotopic (exact) mass is 646 g/mol. The molecule has 4 nitrogen and oxygen atoms in total. The number of aromatic nitrogens is 2. The number of furan rings is 2. The Balaban J connectivity index is 0.937. The largest absolute Gasteiger partial charge is 0.456 e. The Kier molecular flexibility index (Phi) is 7.55. The van der Waals surface area contributed by atoms with E-state index in [2.05, 4.69) is 122 Å². The fraction of sp³-hybridized carbons (Fsp3) is 0.0870. The first kappa shape index (κ1) is 29.8. The zero-order valence-corrected chi connectivity index (χ0v) is 27.8. The van der Waals surface area contributed by atoms with E-state index in [1.807, 2.05) is 36.7 Å². The van der Waals surface area contributed by atoms with Crippen LogP contribution in [-0.2, 0) is 6.42 Å². The molecule has 4 aromatic heterocycles. The lowest BCUT2D eigenvalue weighted by atomic mass is 9.97. The first-order valence-electron chi connectivity index (χ1n) is 17.2. The predicted molar refractivity (Wildman–Crippen MR) is 206 cm³/mol. The lowest BCUT2D eigenvalue weighted by Gasteiger charge is -2.09. The molecule has 0 saturated heterocycles. The van der Waals surface area contributed by atoms with Gasteiger partial charge in [-0.05, 0) is 102 Å². The summed E-state index contributed by atoms with van der Waals surface area (Å²) in [6, 6.07) is 46.4. The molecule has 0 aliphatic heterocycles. The van der Waals surface area contributed by atoms with Gasteiger partial charge < -0.3 is 8.83 Å². The van der Waals surface area contributed by atoms with Gasteiger partial charge in [0.1, 0.15) is 22.3 Å². The molecule has 0 radical (unpaired) electrons. The van der Waals surface area contributed by atoms with Crippen LogP contribution in [0, 0.1) is 0 Å². The Hall–Kier alpha value is -6.26. The van der Waals surface area contributed by atoms with E-state index in [0.717, 1.165) is 91.6 Å². The van der Waals surface area contributed by atoms with Crippen molar-refractivity contribution >= 4 is 49.5 Å². The highest BCUT2D eigenvalue weighted by Gasteiger charge is 2.14. The number of nitrogens with zero attached hydrogens (tertiary/aromatic N) is 2. The molecule has 4 heterocycles. The summed E-state index contributed by atoms with van der Waals surface area (Å²) >= 11 is 0. The molecule has 0 saturated carbocycles. The number of allylic oxidation sites excluding steroid dienone is 2. The number of hydrogen-bond donors (Lipinski definition) is 0. The maximum atomic E-state index is 6.34. The minimum Gasteiger partial charge on any atom is -0.456 e. The topological polar surface area (TPSA) is 52.1 Å². The van der Waals surface area contributed by atoms with Crippen molar-refractivity contribution in [3.8, 4) is 33.6 Å². The molecule has 0 amide bonds. The molecular weight excluding hydrogens is 613 g/mol. The second-order valence-corrected chi connectivity index (χ2v) is 12.9. The minimum absolute atomic E-state index is 0.848. The average molecular weight is 647 g/mol. The molecule has 0 spiro atoms. The smallest absolute Gasteiger partial charge is 0.143 e. The quantitative estimate of drug-likeness (QED) is 0.154. The molecule has 0 N–H and O–H groups in total. The second-order valence-electron chi connectivity index (χ2n) is 12.9. The maximum Gasteiger partial charge on any atom is 0.143 e. The molecule has 4 heteroatoms. The highest BCUT2D eigenvalue weighted by Crippen LogP contribution is 2.37. The highest BCUT2D eigenvalue weighted by molar-refractivity contribution is 6.09. The van der Waals surface area contributed by atoms with Crippen molar-refractivity contribution in [3.05, 3.63) is 163 Å². The fourth-order valence-electron chi connectivity index (χ4n) is 7.14. The van der Waals surface area contributed by atoms with Crippen LogP contribution >= 0.6 is 0 Å². The summed E-state index contributed by atoms with van der Waals surface area (Å²) in [5, 5.41) is 4.64. The molecule has 9 rings (SSSR count). The van der Waals surface area contributed by atoms with Crippen LogP contribution in [0.5, 0.6) is 0 Å². The van der Waals surface area contributed by atoms with Crippen LogP contribution < -0.4 is 0 Å². The first-order valence-corrected chi connectivity index (χ1v) is 17.2. The van der Waals surface area contributed by atoms with E-state index in [-0.39, 0.29) is 0 Å². The Morgan fingerprint density at radius 3 is 2.00 bits per heavy atom. The van der Waals surface area contributed by atoms with Crippen LogP contribution in [0.2, 0.25) is 0 Å². The van der Waals surface area contributed by atoms with Crippen molar-refractivity contribution in [3.63, 3.8) is 0 Å². The Morgan fingerprint density at radius 2 is 1.18 bits per heavy atom. The van der Waals surface area contributed by atoms with Crippen molar-refractivity contribution < 1.29 is 8.83 Å². The zero-order valence-electron chi connectivity index (χ0n) is 27.8. The van der Waals surface area contributed by atoms with Gasteiger partial charge in [0.15, 0.2) is 0 Å². The van der Waals surface area contributed by atoms with Crippen LogP contribution in [0.4, 0.5) is 0 Å². The minimum atomic E-state index is 0.848. The molecule has 0 bridgehead atoms. The molecule has 9 aromatic rings. The van der Waals surface area contributed by atoms with Crippen molar-refractivity contribution in [2.45, 2.75) is 26.2 Å². The SMILES string of the molecule is C/C(=C\CCCc1cccc2c1oc1ccccc12)c1ccnc(-c2cc(-c3cccc(-c4cccc5c4oc4ccccc45)c3)ccn2)c1. The van der Waals surface area contributed by atoms with Gasteiger partial charge in [0.05, 0.1) is 11.4 Å². The van der Waals surface area contributed by atoms with E-state index in [9.17, 15) is 0 Å². The number of benzene rings is 5. The number of para-hydroxylation sites is 4.